The average molecular weight is 326 g/mol. The van der Waals surface area contributed by atoms with Crippen molar-refractivity contribution in [2.45, 2.75) is 58.8 Å². The van der Waals surface area contributed by atoms with Gasteiger partial charge in [0.15, 0.2) is 0 Å². The molecule has 3 nitrogen and oxygen atoms in total. The van der Waals surface area contributed by atoms with Crippen molar-refractivity contribution in [3.05, 3.63) is 34.9 Å². The van der Waals surface area contributed by atoms with E-state index in [1.165, 1.54) is 22.3 Å². The van der Waals surface area contributed by atoms with Gasteiger partial charge in [0.2, 0.25) is 0 Å². The van der Waals surface area contributed by atoms with E-state index in [0.29, 0.717) is 25.7 Å². The van der Waals surface area contributed by atoms with Crippen LogP contribution in [-0.4, -0.2) is 18.7 Å². The zero-order chi connectivity index (χ0) is 17.3. The number of Topliss-reactive ketones (excluding diaryl/α,β-unsaturated/α-hetero) is 2. The van der Waals surface area contributed by atoms with Gasteiger partial charge in [-0.15, -0.1) is 0 Å². The molecule has 0 atom stereocenters. The highest BCUT2D eigenvalue weighted by atomic mass is 16.5. The number of carbonyl (C=O) groups excluding carboxylic acids is 2. The van der Waals surface area contributed by atoms with Gasteiger partial charge in [-0.25, -0.2) is 0 Å². The molecule has 2 aliphatic rings. The first-order valence-corrected chi connectivity index (χ1v) is 8.89. The molecule has 0 N–H and O–H groups in total. The Labute approximate surface area is 144 Å². The van der Waals surface area contributed by atoms with Crippen LogP contribution in [0.1, 0.15) is 62.1 Å². The summed E-state index contributed by atoms with van der Waals surface area (Å²) in [6.07, 6.45) is 7.65. The minimum atomic E-state index is -0.816. The second-order valence-corrected chi connectivity index (χ2v) is 7.30. The van der Waals surface area contributed by atoms with Crippen LogP contribution in [0.5, 0.6) is 5.75 Å². The smallest absolute Gasteiger partial charge is 0.146 e. The van der Waals surface area contributed by atoms with Gasteiger partial charge in [0, 0.05) is 12.8 Å². The van der Waals surface area contributed by atoms with Gasteiger partial charge in [-0.2, -0.15) is 0 Å². The number of methoxy groups -OCH3 is 1. The standard InChI is InChI=1S/C21H26O3/c1-14-12-17(24-3)13-16-7-4-6-15(20(14)16)10-11-21(2)18(22)8-5-9-19(21)23/h10,12-13H,4-9,11H2,1-3H3/b15-10-. The fraction of sp³-hybridized carbons (Fsp3) is 0.524. The molecule has 3 heteroatoms. The molecule has 0 unspecified atom stereocenters. The van der Waals surface area contributed by atoms with Crippen molar-refractivity contribution in [1.82, 2.24) is 0 Å². The van der Waals surface area contributed by atoms with E-state index in [4.69, 9.17) is 4.74 Å². The Morgan fingerprint density at radius 3 is 2.42 bits per heavy atom. The Bertz CT molecular complexity index is 696. The highest BCUT2D eigenvalue weighted by Gasteiger charge is 2.41. The van der Waals surface area contributed by atoms with Gasteiger partial charge < -0.3 is 4.74 Å². The number of aryl methyl sites for hydroxylation is 2. The Balaban J connectivity index is 1.93. The number of rotatable bonds is 3. The predicted molar refractivity (Wildman–Crippen MR) is 95.2 cm³/mol. The molecule has 0 saturated heterocycles. The van der Waals surface area contributed by atoms with E-state index in [1.54, 1.807) is 7.11 Å². The summed E-state index contributed by atoms with van der Waals surface area (Å²) < 4.78 is 5.39. The second-order valence-electron chi connectivity index (χ2n) is 7.30. The molecule has 3 rings (SSSR count). The molecule has 1 aromatic carbocycles. The summed E-state index contributed by atoms with van der Waals surface area (Å²) in [4.78, 5) is 24.7. The fourth-order valence-corrected chi connectivity index (χ4v) is 4.07. The Kier molecular flexibility index (Phi) is 4.62. The lowest BCUT2D eigenvalue weighted by Gasteiger charge is -2.30. The summed E-state index contributed by atoms with van der Waals surface area (Å²) in [6.45, 7) is 3.94. The van der Waals surface area contributed by atoms with Crippen molar-refractivity contribution in [2.75, 3.05) is 7.11 Å². The predicted octanol–water partition coefficient (Wildman–Crippen LogP) is 4.44. The molecule has 0 amide bonds. The second kappa shape index (κ2) is 6.54. The van der Waals surface area contributed by atoms with E-state index < -0.39 is 5.41 Å². The van der Waals surface area contributed by atoms with Crippen molar-refractivity contribution >= 4 is 17.1 Å². The van der Waals surface area contributed by atoms with Gasteiger partial charge in [0.1, 0.15) is 17.3 Å². The summed E-state index contributed by atoms with van der Waals surface area (Å²) in [6, 6.07) is 4.19. The molecule has 0 spiro atoms. The Hall–Kier alpha value is -1.90. The number of carbonyl (C=O) groups is 2. The fourth-order valence-electron chi connectivity index (χ4n) is 4.07. The first-order valence-electron chi connectivity index (χ1n) is 8.89. The molecule has 1 fully saturated rings. The van der Waals surface area contributed by atoms with E-state index in [0.717, 1.165) is 25.0 Å². The first kappa shape index (κ1) is 16.9. The van der Waals surface area contributed by atoms with Gasteiger partial charge in [0.05, 0.1) is 12.5 Å². The molecule has 24 heavy (non-hydrogen) atoms. The van der Waals surface area contributed by atoms with Gasteiger partial charge >= 0.3 is 0 Å². The van der Waals surface area contributed by atoms with E-state index >= 15 is 0 Å². The van der Waals surface area contributed by atoms with Gasteiger partial charge in [-0.3, -0.25) is 9.59 Å². The van der Waals surface area contributed by atoms with Crippen LogP contribution >= 0.6 is 0 Å². The molecule has 2 aliphatic carbocycles. The van der Waals surface area contributed by atoms with Crippen LogP contribution in [0, 0.1) is 12.3 Å². The maximum atomic E-state index is 12.3. The van der Waals surface area contributed by atoms with E-state index in [1.807, 2.05) is 6.92 Å². The van der Waals surface area contributed by atoms with E-state index in [9.17, 15) is 9.59 Å². The zero-order valence-corrected chi connectivity index (χ0v) is 14.9. The first-order chi connectivity index (χ1) is 11.5. The molecule has 0 heterocycles. The number of hydrogen-bond donors (Lipinski definition) is 0. The van der Waals surface area contributed by atoms with E-state index in [2.05, 4.69) is 25.1 Å². The zero-order valence-electron chi connectivity index (χ0n) is 14.9. The quantitative estimate of drug-likeness (QED) is 0.771. The monoisotopic (exact) mass is 326 g/mol. The van der Waals surface area contributed by atoms with Crippen LogP contribution < -0.4 is 4.74 Å². The van der Waals surface area contributed by atoms with Crippen LogP contribution in [0.2, 0.25) is 0 Å². The maximum Gasteiger partial charge on any atom is 0.146 e. The van der Waals surface area contributed by atoms with Crippen LogP contribution in [-0.2, 0) is 16.0 Å². The summed E-state index contributed by atoms with van der Waals surface area (Å²) in [5.41, 5.74) is 4.28. The Morgan fingerprint density at radius 1 is 1.08 bits per heavy atom. The SMILES string of the molecule is COc1cc(C)c2c(c1)CCC/C2=C/CC1(C)C(=O)CCCC1=O. The topological polar surface area (TPSA) is 43.4 Å². The molecule has 0 radical (unpaired) electrons. The molecule has 0 aromatic heterocycles. The van der Waals surface area contributed by atoms with Crippen molar-refractivity contribution < 1.29 is 14.3 Å². The Morgan fingerprint density at radius 2 is 1.75 bits per heavy atom. The number of allylic oxidation sites excluding steroid dienone is 2. The van der Waals surface area contributed by atoms with Crippen LogP contribution in [0.4, 0.5) is 0 Å². The molecular formula is C21H26O3. The molecule has 1 aromatic rings. The normalized spacial score (nSPS) is 21.7. The number of fused-ring (bicyclic) bond motifs is 1. The number of ether oxygens (including phenoxy) is 1. The number of benzene rings is 1. The minimum absolute atomic E-state index is 0.109. The minimum Gasteiger partial charge on any atom is -0.497 e. The van der Waals surface area contributed by atoms with Gasteiger partial charge in [-0.1, -0.05) is 6.08 Å². The van der Waals surface area contributed by atoms with E-state index in [-0.39, 0.29) is 11.6 Å². The van der Waals surface area contributed by atoms with Crippen molar-refractivity contribution in [3.8, 4) is 5.75 Å². The summed E-state index contributed by atoms with van der Waals surface area (Å²) in [7, 11) is 1.70. The van der Waals surface area contributed by atoms with Crippen molar-refractivity contribution in [1.29, 1.82) is 0 Å². The maximum absolute atomic E-state index is 12.3. The third-order valence-corrected chi connectivity index (χ3v) is 5.63. The lowest BCUT2D eigenvalue weighted by molar-refractivity contribution is -0.142. The largest absolute Gasteiger partial charge is 0.497 e. The molecule has 0 bridgehead atoms. The van der Waals surface area contributed by atoms with Gasteiger partial charge in [0.25, 0.3) is 0 Å². The molecule has 0 aliphatic heterocycles. The molecule has 128 valence electrons. The third-order valence-electron chi connectivity index (χ3n) is 5.63. The van der Waals surface area contributed by atoms with Gasteiger partial charge in [-0.05, 0) is 80.3 Å². The van der Waals surface area contributed by atoms with Crippen molar-refractivity contribution in [3.63, 3.8) is 0 Å². The highest BCUT2D eigenvalue weighted by molar-refractivity contribution is 6.08. The molecule has 1 saturated carbocycles. The lowest BCUT2D eigenvalue weighted by Crippen LogP contribution is -2.39. The average Bonchev–Trinajstić information content (AvgIpc) is 2.57. The van der Waals surface area contributed by atoms with Crippen molar-refractivity contribution in [2.24, 2.45) is 5.41 Å². The summed E-state index contributed by atoms with van der Waals surface area (Å²) >= 11 is 0. The number of hydrogen-bond acceptors (Lipinski definition) is 3. The van der Waals surface area contributed by atoms with Crippen LogP contribution in [0.25, 0.3) is 5.57 Å². The summed E-state index contributed by atoms with van der Waals surface area (Å²) in [5.74, 6) is 1.12. The number of ketones is 2. The molecular weight excluding hydrogens is 300 g/mol. The lowest BCUT2D eigenvalue weighted by atomic mass is 9.70. The highest BCUT2D eigenvalue weighted by Crippen LogP contribution is 2.39. The summed E-state index contributed by atoms with van der Waals surface area (Å²) in [5, 5.41) is 0. The third kappa shape index (κ3) is 2.92. The van der Waals surface area contributed by atoms with Crippen LogP contribution in [0.3, 0.4) is 0 Å². The van der Waals surface area contributed by atoms with Crippen LogP contribution in [0.15, 0.2) is 18.2 Å².